The molecular weight excluding hydrogens is 380 g/mol. The third kappa shape index (κ3) is 5.37. The van der Waals surface area contributed by atoms with Crippen LogP contribution in [0, 0.1) is 18.8 Å². The predicted molar refractivity (Wildman–Crippen MR) is 115 cm³/mol. The molecule has 7 heteroatoms. The number of hydrogen-bond acceptors (Lipinski definition) is 5. The minimum atomic E-state index is -0.528. The van der Waals surface area contributed by atoms with E-state index in [1.807, 2.05) is 58.2 Å². The molecule has 0 bridgehead atoms. The summed E-state index contributed by atoms with van der Waals surface area (Å²) in [4.78, 5) is 16.4. The zero-order valence-electron chi connectivity index (χ0n) is 17.7. The van der Waals surface area contributed by atoms with Gasteiger partial charge in [-0.15, -0.1) is 0 Å². The van der Waals surface area contributed by atoms with Gasteiger partial charge in [0, 0.05) is 30.3 Å². The van der Waals surface area contributed by atoms with Gasteiger partial charge in [0.05, 0.1) is 17.8 Å². The number of rotatable bonds is 4. The summed E-state index contributed by atoms with van der Waals surface area (Å²) in [7, 11) is 0. The van der Waals surface area contributed by atoms with Crippen LogP contribution in [0.5, 0.6) is 0 Å². The summed E-state index contributed by atoms with van der Waals surface area (Å²) in [6.07, 6.45) is 3.35. The van der Waals surface area contributed by atoms with Crippen LogP contribution in [0.4, 0.5) is 4.79 Å². The van der Waals surface area contributed by atoms with Crippen LogP contribution in [0.25, 0.3) is 16.8 Å². The Balaban J connectivity index is 1.82. The highest BCUT2D eigenvalue weighted by Gasteiger charge is 2.16. The maximum Gasteiger partial charge on any atom is 0.407 e. The lowest BCUT2D eigenvalue weighted by molar-refractivity contribution is 0.0523. The Morgan fingerprint density at radius 1 is 1.30 bits per heavy atom. The maximum absolute atomic E-state index is 11.9. The van der Waals surface area contributed by atoms with Crippen LogP contribution in [0.1, 0.15) is 43.9 Å². The second-order valence-corrected chi connectivity index (χ2v) is 7.94. The van der Waals surface area contributed by atoms with Crippen molar-refractivity contribution in [1.82, 2.24) is 19.9 Å². The van der Waals surface area contributed by atoms with Crippen LogP contribution in [0.2, 0.25) is 0 Å². The lowest BCUT2D eigenvalue weighted by Crippen LogP contribution is -2.32. The van der Waals surface area contributed by atoms with Crippen LogP contribution < -0.4 is 5.32 Å². The number of aliphatic hydroxyl groups is 1. The highest BCUT2D eigenvalue weighted by Crippen LogP contribution is 2.25. The molecule has 2 aromatic heterocycles. The minimum Gasteiger partial charge on any atom is -0.444 e. The third-order valence-electron chi connectivity index (χ3n) is 4.31. The highest BCUT2D eigenvalue weighted by molar-refractivity contribution is 5.78. The van der Waals surface area contributed by atoms with Gasteiger partial charge in [0.1, 0.15) is 11.9 Å². The summed E-state index contributed by atoms with van der Waals surface area (Å²) in [6, 6.07) is 7.93. The van der Waals surface area contributed by atoms with Crippen molar-refractivity contribution in [2.75, 3.05) is 6.61 Å². The molecule has 0 aliphatic heterocycles. The second kappa shape index (κ2) is 8.97. The van der Waals surface area contributed by atoms with Gasteiger partial charge in [0.2, 0.25) is 0 Å². The van der Waals surface area contributed by atoms with E-state index in [-0.39, 0.29) is 6.61 Å². The zero-order chi connectivity index (χ0) is 21.7. The lowest BCUT2D eigenvalue weighted by Gasteiger charge is -2.20. The molecule has 0 atom stereocenters. The number of carbonyl (C=O) groups is 1. The number of carbonyl (C=O) groups excluding carboxylic acids is 1. The van der Waals surface area contributed by atoms with E-state index >= 15 is 0 Å². The fraction of sp³-hybridized carbons (Fsp3) is 0.348. The van der Waals surface area contributed by atoms with E-state index in [0.717, 1.165) is 33.5 Å². The summed E-state index contributed by atoms with van der Waals surface area (Å²) in [5, 5.41) is 15.9. The minimum absolute atomic E-state index is 0.0415. The van der Waals surface area contributed by atoms with Crippen molar-refractivity contribution in [1.29, 1.82) is 0 Å². The van der Waals surface area contributed by atoms with Crippen molar-refractivity contribution in [3.05, 3.63) is 53.5 Å². The Hall–Kier alpha value is -3.37. The molecule has 0 unspecified atom stereocenters. The fourth-order valence-electron chi connectivity index (χ4n) is 2.96. The molecule has 0 fully saturated rings. The van der Waals surface area contributed by atoms with E-state index in [0.29, 0.717) is 13.0 Å². The average molecular weight is 406 g/mol. The molecule has 156 valence electrons. The second-order valence-electron chi connectivity index (χ2n) is 7.94. The number of ether oxygens (including phenoxy) is 1. The van der Waals surface area contributed by atoms with Crippen molar-refractivity contribution in [3.63, 3.8) is 0 Å². The standard InChI is InChI=1S/C23H26N4O3/c1-16-11-18(8-9-19(16)13-24-22(29)30-23(2,3)4)21-20-12-17(7-5-6-10-28)14-27(20)26-15-25-21/h8-9,11-12,14-15,28H,6,10,13H2,1-4H3,(H,24,29). The molecule has 0 aliphatic carbocycles. The maximum atomic E-state index is 11.9. The molecule has 2 N–H and O–H groups in total. The first-order chi connectivity index (χ1) is 14.3. The van der Waals surface area contributed by atoms with Gasteiger partial charge in [-0.1, -0.05) is 24.0 Å². The van der Waals surface area contributed by atoms with E-state index in [2.05, 4.69) is 27.2 Å². The van der Waals surface area contributed by atoms with Crippen molar-refractivity contribution in [2.45, 2.75) is 46.3 Å². The molecular formula is C23H26N4O3. The van der Waals surface area contributed by atoms with Crippen LogP contribution >= 0.6 is 0 Å². The predicted octanol–water partition coefficient (Wildman–Crippen LogP) is 3.46. The van der Waals surface area contributed by atoms with Crippen LogP contribution in [-0.4, -0.2) is 38.0 Å². The summed E-state index contributed by atoms with van der Waals surface area (Å²) >= 11 is 0. The molecule has 0 saturated carbocycles. The number of nitrogens with zero attached hydrogens (tertiary/aromatic N) is 3. The van der Waals surface area contributed by atoms with Gasteiger partial charge in [-0.25, -0.2) is 14.3 Å². The molecule has 7 nitrogen and oxygen atoms in total. The van der Waals surface area contributed by atoms with E-state index < -0.39 is 11.7 Å². The Morgan fingerprint density at radius 2 is 2.10 bits per heavy atom. The number of benzene rings is 1. The monoisotopic (exact) mass is 406 g/mol. The number of aryl methyl sites for hydroxylation is 1. The zero-order valence-corrected chi connectivity index (χ0v) is 17.7. The van der Waals surface area contributed by atoms with Gasteiger partial charge < -0.3 is 15.2 Å². The Morgan fingerprint density at radius 3 is 2.80 bits per heavy atom. The smallest absolute Gasteiger partial charge is 0.407 e. The summed E-state index contributed by atoms with van der Waals surface area (Å²) in [5.41, 5.74) is 4.93. The van der Waals surface area contributed by atoms with Crippen molar-refractivity contribution < 1.29 is 14.6 Å². The first-order valence-electron chi connectivity index (χ1n) is 9.77. The number of aliphatic hydroxyl groups excluding tert-OH is 1. The quantitative estimate of drug-likeness (QED) is 0.648. The third-order valence-corrected chi connectivity index (χ3v) is 4.31. The van der Waals surface area contributed by atoms with Crippen LogP contribution in [0.15, 0.2) is 36.8 Å². The Labute approximate surface area is 176 Å². The van der Waals surface area contributed by atoms with E-state index in [1.54, 1.807) is 4.52 Å². The SMILES string of the molecule is Cc1cc(-c2ncnn3cc(C#CCCO)cc23)ccc1CNC(=O)OC(C)(C)C. The molecule has 3 aromatic rings. The van der Waals surface area contributed by atoms with Gasteiger partial charge >= 0.3 is 6.09 Å². The topological polar surface area (TPSA) is 88.8 Å². The number of fused-ring (bicyclic) bond motifs is 1. The molecule has 0 aliphatic rings. The van der Waals surface area contributed by atoms with Gasteiger partial charge in [-0.05, 0) is 51.0 Å². The molecule has 1 aromatic carbocycles. The molecule has 2 heterocycles. The lowest BCUT2D eigenvalue weighted by atomic mass is 10.0. The molecule has 0 radical (unpaired) electrons. The Bertz CT molecular complexity index is 1120. The van der Waals surface area contributed by atoms with Crippen molar-refractivity contribution in [3.8, 4) is 23.1 Å². The molecule has 3 rings (SSSR count). The van der Waals surface area contributed by atoms with Crippen LogP contribution in [-0.2, 0) is 11.3 Å². The van der Waals surface area contributed by atoms with E-state index in [9.17, 15) is 4.79 Å². The molecule has 0 spiro atoms. The van der Waals surface area contributed by atoms with Gasteiger partial charge in [-0.3, -0.25) is 0 Å². The first-order valence-corrected chi connectivity index (χ1v) is 9.77. The number of hydrogen-bond donors (Lipinski definition) is 2. The summed E-state index contributed by atoms with van der Waals surface area (Å²) < 4.78 is 7.03. The highest BCUT2D eigenvalue weighted by atomic mass is 16.6. The summed E-state index contributed by atoms with van der Waals surface area (Å²) in [5.74, 6) is 5.95. The summed E-state index contributed by atoms with van der Waals surface area (Å²) in [6.45, 7) is 7.93. The number of nitrogens with one attached hydrogen (secondary N) is 1. The van der Waals surface area contributed by atoms with Gasteiger partial charge in [-0.2, -0.15) is 5.10 Å². The number of amides is 1. The molecule has 30 heavy (non-hydrogen) atoms. The van der Waals surface area contributed by atoms with Gasteiger partial charge in [0.15, 0.2) is 0 Å². The number of alkyl carbamates (subject to hydrolysis) is 1. The van der Waals surface area contributed by atoms with Gasteiger partial charge in [0.25, 0.3) is 0 Å². The fourth-order valence-corrected chi connectivity index (χ4v) is 2.96. The average Bonchev–Trinajstić information content (AvgIpc) is 3.08. The van der Waals surface area contributed by atoms with Crippen molar-refractivity contribution in [2.24, 2.45) is 0 Å². The van der Waals surface area contributed by atoms with E-state index in [4.69, 9.17) is 9.84 Å². The largest absolute Gasteiger partial charge is 0.444 e. The normalized spacial score (nSPS) is 11.1. The Kier molecular flexibility index (Phi) is 6.38. The van der Waals surface area contributed by atoms with E-state index in [1.165, 1.54) is 6.33 Å². The first kappa shape index (κ1) is 21.3. The molecule has 0 saturated heterocycles. The van der Waals surface area contributed by atoms with Crippen molar-refractivity contribution >= 4 is 11.6 Å². The number of aromatic nitrogens is 3. The van der Waals surface area contributed by atoms with Crippen LogP contribution in [0.3, 0.4) is 0 Å². The molecule has 1 amide bonds.